The molecule has 0 unspecified atom stereocenters. The molecule has 3 heteroatoms. The number of hydrogen-bond acceptors (Lipinski definition) is 2. The Hall–Kier alpha value is -0.960. The third-order valence-corrected chi connectivity index (χ3v) is 4.55. The molecule has 0 radical (unpaired) electrons. The smallest absolute Gasteiger partial charge is 0.0406 e. The van der Waals surface area contributed by atoms with Crippen molar-refractivity contribution >= 4 is 23.4 Å². The SMILES string of the molecule is Clc1ccc(Sc2ccccc2CNC2CC2)cc1. The molecule has 1 aliphatic rings. The van der Waals surface area contributed by atoms with Gasteiger partial charge in [0.2, 0.25) is 0 Å². The minimum atomic E-state index is 0.744. The average molecular weight is 290 g/mol. The predicted octanol–water partition coefficient (Wildman–Crippen LogP) is 4.74. The quantitative estimate of drug-likeness (QED) is 0.853. The lowest BCUT2D eigenvalue weighted by atomic mass is 10.2. The Bertz CT molecular complexity index is 549. The van der Waals surface area contributed by atoms with Gasteiger partial charge in [-0.05, 0) is 48.7 Å². The van der Waals surface area contributed by atoms with Gasteiger partial charge in [0.25, 0.3) is 0 Å². The van der Waals surface area contributed by atoms with Gasteiger partial charge < -0.3 is 5.32 Å². The topological polar surface area (TPSA) is 12.0 Å². The average Bonchev–Trinajstić information content (AvgIpc) is 3.25. The Morgan fingerprint density at radius 2 is 1.79 bits per heavy atom. The summed E-state index contributed by atoms with van der Waals surface area (Å²) in [5.74, 6) is 0. The van der Waals surface area contributed by atoms with Gasteiger partial charge in [-0.15, -0.1) is 0 Å². The van der Waals surface area contributed by atoms with Crippen LogP contribution in [0.3, 0.4) is 0 Å². The summed E-state index contributed by atoms with van der Waals surface area (Å²) in [5.41, 5.74) is 1.37. The first kappa shape index (κ1) is 13.0. The van der Waals surface area contributed by atoms with Crippen LogP contribution in [0, 0.1) is 0 Å². The van der Waals surface area contributed by atoms with Gasteiger partial charge in [-0.3, -0.25) is 0 Å². The fourth-order valence-electron chi connectivity index (χ4n) is 1.92. The highest BCUT2D eigenvalue weighted by Crippen LogP contribution is 2.31. The third-order valence-electron chi connectivity index (χ3n) is 3.17. The van der Waals surface area contributed by atoms with Crippen LogP contribution in [0.2, 0.25) is 5.02 Å². The first-order valence-corrected chi connectivity index (χ1v) is 7.75. The molecule has 1 N–H and O–H groups in total. The molecule has 3 rings (SSSR count). The zero-order valence-corrected chi connectivity index (χ0v) is 12.2. The molecule has 0 heterocycles. The lowest BCUT2D eigenvalue weighted by molar-refractivity contribution is 0.680. The van der Waals surface area contributed by atoms with E-state index >= 15 is 0 Å². The van der Waals surface area contributed by atoms with E-state index in [0.29, 0.717) is 0 Å². The first-order valence-electron chi connectivity index (χ1n) is 6.56. The molecule has 1 saturated carbocycles. The van der Waals surface area contributed by atoms with Gasteiger partial charge in [0.15, 0.2) is 0 Å². The van der Waals surface area contributed by atoms with E-state index in [9.17, 15) is 0 Å². The zero-order valence-electron chi connectivity index (χ0n) is 10.6. The molecule has 2 aromatic rings. The Morgan fingerprint density at radius 1 is 1.05 bits per heavy atom. The summed E-state index contributed by atoms with van der Waals surface area (Å²) in [4.78, 5) is 2.54. The summed E-state index contributed by atoms with van der Waals surface area (Å²) in [5, 5.41) is 4.36. The van der Waals surface area contributed by atoms with Crippen LogP contribution < -0.4 is 5.32 Å². The van der Waals surface area contributed by atoms with Crippen molar-refractivity contribution in [1.82, 2.24) is 5.32 Å². The van der Waals surface area contributed by atoms with E-state index in [1.807, 2.05) is 12.1 Å². The molecule has 1 fully saturated rings. The minimum Gasteiger partial charge on any atom is -0.310 e. The minimum absolute atomic E-state index is 0.744. The van der Waals surface area contributed by atoms with Crippen molar-refractivity contribution < 1.29 is 0 Å². The van der Waals surface area contributed by atoms with E-state index in [4.69, 9.17) is 11.6 Å². The fourth-order valence-corrected chi connectivity index (χ4v) is 2.99. The van der Waals surface area contributed by atoms with Crippen LogP contribution in [0.1, 0.15) is 18.4 Å². The van der Waals surface area contributed by atoms with Gasteiger partial charge in [-0.2, -0.15) is 0 Å². The maximum atomic E-state index is 5.92. The summed E-state index contributed by atoms with van der Waals surface area (Å²) in [6.45, 7) is 0.960. The van der Waals surface area contributed by atoms with Crippen LogP contribution in [0.4, 0.5) is 0 Å². The second-order valence-corrected chi connectivity index (χ2v) is 6.37. The highest BCUT2D eigenvalue weighted by Gasteiger charge is 2.20. The van der Waals surface area contributed by atoms with Crippen molar-refractivity contribution in [1.29, 1.82) is 0 Å². The van der Waals surface area contributed by atoms with E-state index in [-0.39, 0.29) is 0 Å². The molecular weight excluding hydrogens is 274 g/mol. The molecule has 0 bridgehead atoms. The molecule has 0 amide bonds. The number of halogens is 1. The monoisotopic (exact) mass is 289 g/mol. The summed E-state index contributed by atoms with van der Waals surface area (Å²) in [6, 6.07) is 17.3. The molecule has 2 aromatic carbocycles. The maximum absolute atomic E-state index is 5.92. The maximum Gasteiger partial charge on any atom is 0.0406 e. The van der Waals surface area contributed by atoms with Gasteiger partial charge in [0.05, 0.1) is 0 Å². The van der Waals surface area contributed by atoms with Gasteiger partial charge in [0, 0.05) is 27.4 Å². The number of rotatable bonds is 5. The first-order chi connectivity index (χ1) is 9.31. The van der Waals surface area contributed by atoms with E-state index in [2.05, 4.69) is 41.7 Å². The third kappa shape index (κ3) is 3.75. The standard InChI is InChI=1S/C16H16ClNS/c17-13-5-9-15(10-6-13)19-16-4-2-1-3-12(16)11-18-14-7-8-14/h1-6,9-10,14,18H,7-8,11H2. The Morgan fingerprint density at radius 3 is 2.53 bits per heavy atom. The van der Waals surface area contributed by atoms with Crippen molar-refractivity contribution in [2.24, 2.45) is 0 Å². The van der Waals surface area contributed by atoms with Crippen LogP contribution in [-0.2, 0) is 6.54 Å². The molecule has 19 heavy (non-hydrogen) atoms. The highest BCUT2D eigenvalue weighted by atomic mass is 35.5. The van der Waals surface area contributed by atoms with Crippen molar-refractivity contribution in [3.8, 4) is 0 Å². The van der Waals surface area contributed by atoms with Gasteiger partial charge >= 0.3 is 0 Å². The van der Waals surface area contributed by atoms with E-state index < -0.39 is 0 Å². The van der Waals surface area contributed by atoms with Crippen LogP contribution in [0.25, 0.3) is 0 Å². The lowest BCUT2D eigenvalue weighted by Gasteiger charge is -2.10. The number of benzene rings is 2. The van der Waals surface area contributed by atoms with Crippen LogP contribution in [0.5, 0.6) is 0 Å². The Labute approximate surface area is 123 Å². The van der Waals surface area contributed by atoms with E-state index in [1.54, 1.807) is 11.8 Å². The second kappa shape index (κ2) is 6.00. The molecule has 0 atom stereocenters. The molecule has 0 aromatic heterocycles. The summed E-state index contributed by atoms with van der Waals surface area (Å²) in [7, 11) is 0. The molecule has 0 aliphatic heterocycles. The molecular formula is C16H16ClNS. The van der Waals surface area contributed by atoms with Crippen molar-refractivity contribution in [2.75, 3.05) is 0 Å². The largest absolute Gasteiger partial charge is 0.310 e. The Balaban J connectivity index is 1.73. The van der Waals surface area contributed by atoms with Crippen LogP contribution in [-0.4, -0.2) is 6.04 Å². The molecule has 0 spiro atoms. The molecule has 1 aliphatic carbocycles. The lowest BCUT2D eigenvalue weighted by Crippen LogP contribution is -2.15. The summed E-state index contributed by atoms with van der Waals surface area (Å²) in [6.07, 6.45) is 2.65. The van der Waals surface area contributed by atoms with Gasteiger partial charge in [-0.25, -0.2) is 0 Å². The van der Waals surface area contributed by atoms with Crippen molar-refractivity contribution in [3.05, 3.63) is 59.1 Å². The number of hydrogen-bond donors (Lipinski definition) is 1. The predicted molar refractivity (Wildman–Crippen MR) is 81.9 cm³/mol. The molecule has 0 saturated heterocycles. The molecule has 98 valence electrons. The van der Waals surface area contributed by atoms with E-state index in [0.717, 1.165) is 17.6 Å². The van der Waals surface area contributed by atoms with Gasteiger partial charge in [-0.1, -0.05) is 41.6 Å². The van der Waals surface area contributed by atoms with E-state index in [1.165, 1.54) is 28.2 Å². The summed E-state index contributed by atoms with van der Waals surface area (Å²) >= 11 is 7.71. The number of nitrogens with one attached hydrogen (secondary N) is 1. The zero-order chi connectivity index (χ0) is 13.1. The Kier molecular flexibility index (Phi) is 4.12. The normalized spacial score (nSPS) is 14.6. The summed E-state index contributed by atoms with van der Waals surface area (Å²) < 4.78 is 0. The second-order valence-electron chi connectivity index (χ2n) is 4.82. The van der Waals surface area contributed by atoms with Crippen LogP contribution in [0.15, 0.2) is 58.3 Å². The van der Waals surface area contributed by atoms with Gasteiger partial charge in [0.1, 0.15) is 0 Å². The fraction of sp³-hybridized carbons (Fsp3) is 0.250. The molecule has 1 nitrogen and oxygen atoms in total. The van der Waals surface area contributed by atoms with Crippen molar-refractivity contribution in [3.63, 3.8) is 0 Å². The van der Waals surface area contributed by atoms with Crippen LogP contribution >= 0.6 is 23.4 Å². The van der Waals surface area contributed by atoms with Crippen molar-refractivity contribution in [2.45, 2.75) is 35.2 Å². The highest BCUT2D eigenvalue weighted by molar-refractivity contribution is 7.99.